The summed E-state index contributed by atoms with van der Waals surface area (Å²) in [6.07, 6.45) is 0. The molecule has 0 heterocycles. The van der Waals surface area contributed by atoms with Crippen molar-refractivity contribution in [2.75, 3.05) is 107 Å². The SMILES string of the molecule is CC.CO.COC.COC.COc1cc(CO)cc(C)c1OC.COc1cc(CO)cc(O)c1OC.COc1cc(CO)cc(OC)c1C.COc1cc(CO)cc(OC)c1O.COc1cccc(CO)c1.COc1cccc(CO)c1. The standard InChI is InChI=1S/2C10H14O3.2C9H12O4.2C8H10O2.2C2H6O.C2H6.CH4O/c1-7-9(12-2)4-8(6-11)5-10(7)13-3;1-7-4-8(6-11)5-9(12-2)10(7)13-3;1-12-7-3-6(5-10)4-8(13-2)9(7)11;1-12-8-4-6(5-10)3-7(11)9(8)13-2;2*1-10-8-4-2-3-7(5-8)6-9;2*1-3-2;2*1-2/h2*4-5,11H,6H2,1-3H3;2*3-4,10-11H,5H2,1-2H3;2*2-5,9H,6H2,1H3;2*1-2H3;1-2H3;2H,1H3. The quantitative estimate of drug-likeness (QED) is 0.0440. The number of phenolic OH excluding ortho intramolecular Hbond substituents is 2. The van der Waals surface area contributed by atoms with Crippen molar-refractivity contribution in [3.05, 3.63) is 142 Å². The number of phenols is 2. The van der Waals surface area contributed by atoms with E-state index in [4.69, 9.17) is 83.1 Å². The molecule has 0 aliphatic carbocycles. The molecule has 9 N–H and O–H groups in total. The van der Waals surface area contributed by atoms with Crippen molar-refractivity contribution < 1.29 is 103 Å². The number of rotatable bonds is 16. The van der Waals surface area contributed by atoms with Crippen molar-refractivity contribution in [3.63, 3.8) is 0 Å². The first kappa shape index (κ1) is 81.0. The minimum absolute atomic E-state index is 0.00694. The lowest BCUT2D eigenvalue weighted by Gasteiger charge is -2.11. The molecule has 0 radical (unpaired) electrons. The van der Waals surface area contributed by atoms with E-state index in [0.29, 0.717) is 34.1 Å². The van der Waals surface area contributed by atoms with Gasteiger partial charge in [0.05, 0.1) is 111 Å². The summed E-state index contributed by atoms with van der Waals surface area (Å²) in [5.41, 5.74) is 6.49. The lowest BCUT2D eigenvalue weighted by molar-refractivity contribution is 0.277. The molecule has 21 nitrogen and oxygen atoms in total. The predicted molar refractivity (Wildman–Crippen MR) is 318 cm³/mol. The molecule has 0 amide bonds. The maximum atomic E-state index is 9.48. The van der Waals surface area contributed by atoms with Gasteiger partial charge < -0.3 is 103 Å². The van der Waals surface area contributed by atoms with Crippen molar-refractivity contribution in [3.8, 4) is 69.0 Å². The Labute approximate surface area is 485 Å². The van der Waals surface area contributed by atoms with Crippen LogP contribution in [0.1, 0.15) is 58.4 Å². The lowest BCUT2D eigenvalue weighted by Crippen LogP contribution is -1.95. The highest BCUT2D eigenvalue weighted by Gasteiger charge is 2.12. The smallest absolute Gasteiger partial charge is 0.203 e. The molecule has 0 fully saturated rings. The summed E-state index contributed by atoms with van der Waals surface area (Å²) >= 11 is 0. The Hall–Kier alpha value is -7.44. The van der Waals surface area contributed by atoms with E-state index in [9.17, 15) is 10.2 Å². The fourth-order valence-corrected chi connectivity index (χ4v) is 6.22. The molecule has 0 spiro atoms. The Balaban J connectivity index is -0.000000432. The van der Waals surface area contributed by atoms with E-state index in [1.54, 1.807) is 120 Å². The molecule has 464 valence electrons. The number of hydrogen-bond donors (Lipinski definition) is 9. The fourth-order valence-electron chi connectivity index (χ4n) is 6.22. The van der Waals surface area contributed by atoms with Gasteiger partial charge in [0.1, 0.15) is 23.0 Å². The van der Waals surface area contributed by atoms with Crippen molar-refractivity contribution in [2.24, 2.45) is 0 Å². The zero-order chi connectivity index (χ0) is 63.6. The maximum absolute atomic E-state index is 9.48. The summed E-state index contributed by atoms with van der Waals surface area (Å²) in [5.74, 6) is 5.61. The molecule has 6 aromatic carbocycles. The summed E-state index contributed by atoms with van der Waals surface area (Å²) < 4.78 is 58.6. The summed E-state index contributed by atoms with van der Waals surface area (Å²) in [4.78, 5) is 0. The largest absolute Gasteiger partial charge is 0.504 e. The molecule has 21 heteroatoms. The molecule has 0 unspecified atom stereocenters. The molecule has 0 aliphatic heterocycles. The van der Waals surface area contributed by atoms with Gasteiger partial charge in [0.25, 0.3) is 0 Å². The second-order valence-corrected chi connectivity index (χ2v) is 15.4. The number of ether oxygens (including phenoxy) is 12. The highest BCUT2D eigenvalue weighted by Crippen LogP contribution is 2.38. The van der Waals surface area contributed by atoms with Crippen LogP contribution in [0.15, 0.2) is 97.1 Å². The lowest BCUT2D eigenvalue weighted by atomic mass is 10.1. The molecule has 0 bridgehead atoms. The van der Waals surface area contributed by atoms with Gasteiger partial charge >= 0.3 is 0 Å². The number of hydrogen-bond acceptors (Lipinski definition) is 21. The van der Waals surface area contributed by atoms with Crippen LogP contribution in [-0.2, 0) is 49.1 Å². The third-order valence-corrected chi connectivity index (χ3v) is 9.96. The van der Waals surface area contributed by atoms with E-state index < -0.39 is 0 Å². The molecule has 0 aromatic heterocycles. The van der Waals surface area contributed by atoms with Crippen LogP contribution < -0.4 is 47.4 Å². The van der Waals surface area contributed by atoms with Gasteiger partial charge in [-0.15, -0.1) is 0 Å². The molecule has 82 heavy (non-hydrogen) atoms. The molecule has 0 aliphatic rings. The van der Waals surface area contributed by atoms with Gasteiger partial charge in [0, 0.05) is 41.1 Å². The Morgan fingerprint density at radius 1 is 0.317 bits per heavy atom. The van der Waals surface area contributed by atoms with E-state index in [1.165, 1.54) is 34.5 Å². The Bertz CT molecular complexity index is 2260. The minimum atomic E-state index is -0.145. The van der Waals surface area contributed by atoms with Gasteiger partial charge in [-0.2, -0.15) is 0 Å². The average molecular weight is 1160 g/mol. The predicted octanol–water partition coefficient (Wildman–Crippen LogP) is 8.35. The van der Waals surface area contributed by atoms with Crippen molar-refractivity contribution in [1.29, 1.82) is 0 Å². The topological polar surface area (TPSA) is 293 Å². The van der Waals surface area contributed by atoms with E-state index in [1.807, 2.05) is 70.2 Å². The van der Waals surface area contributed by atoms with Gasteiger partial charge in [-0.1, -0.05) is 38.1 Å². The Morgan fingerprint density at radius 3 is 0.890 bits per heavy atom. The van der Waals surface area contributed by atoms with Crippen LogP contribution in [0.2, 0.25) is 0 Å². The van der Waals surface area contributed by atoms with Crippen LogP contribution in [-0.4, -0.2) is 153 Å². The monoisotopic (exact) mass is 1160 g/mol. The van der Waals surface area contributed by atoms with Gasteiger partial charge in [-0.3, -0.25) is 0 Å². The second kappa shape index (κ2) is 51.7. The molecule has 0 saturated heterocycles. The third-order valence-electron chi connectivity index (χ3n) is 9.96. The van der Waals surface area contributed by atoms with Crippen LogP contribution in [0.3, 0.4) is 0 Å². The molecule has 6 rings (SSSR count). The zero-order valence-electron chi connectivity index (χ0n) is 51.4. The first-order chi connectivity index (χ1) is 39.4. The number of aryl methyl sites for hydroxylation is 1. The Kier molecular flexibility index (Phi) is 51.1. The van der Waals surface area contributed by atoms with Crippen LogP contribution in [0.5, 0.6) is 69.0 Å². The summed E-state index contributed by atoms with van der Waals surface area (Å²) in [5, 5.41) is 78.9. The molecular weight excluding hydrogens is 1070 g/mol. The van der Waals surface area contributed by atoms with Gasteiger partial charge in [0.15, 0.2) is 34.5 Å². The van der Waals surface area contributed by atoms with Crippen molar-refractivity contribution >= 4 is 0 Å². The molecule has 0 saturated carbocycles. The number of methoxy groups -OCH3 is 12. The number of benzene rings is 6. The van der Waals surface area contributed by atoms with Crippen LogP contribution in [0, 0.1) is 13.8 Å². The normalized spacial score (nSPS) is 9.10. The zero-order valence-corrected chi connectivity index (χ0v) is 51.4. The van der Waals surface area contributed by atoms with Crippen LogP contribution in [0.4, 0.5) is 0 Å². The van der Waals surface area contributed by atoms with Crippen molar-refractivity contribution in [2.45, 2.75) is 67.3 Å². The minimum Gasteiger partial charge on any atom is -0.504 e. The highest BCUT2D eigenvalue weighted by molar-refractivity contribution is 5.54. The molecule has 0 atom stereocenters. The molecular formula is C61H94O21. The summed E-state index contributed by atoms with van der Waals surface area (Å²) in [6, 6.07) is 28.1. The fraction of sp³-hybridized carbons (Fsp3) is 0.410. The van der Waals surface area contributed by atoms with Gasteiger partial charge in [-0.25, -0.2) is 0 Å². The number of aliphatic hydroxyl groups is 7. The highest BCUT2D eigenvalue weighted by atomic mass is 16.5. The summed E-state index contributed by atoms with van der Waals surface area (Å²) in [6.45, 7) is 7.71. The van der Waals surface area contributed by atoms with Crippen LogP contribution >= 0.6 is 0 Å². The van der Waals surface area contributed by atoms with Gasteiger partial charge in [0.2, 0.25) is 11.5 Å². The average Bonchev–Trinajstić information content (AvgIpc) is 3.56. The van der Waals surface area contributed by atoms with E-state index >= 15 is 0 Å². The Morgan fingerprint density at radius 2 is 0.598 bits per heavy atom. The van der Waals surface area contributed by atoms with Crippen molar-refractivity contribution in [1.82, 2.24) is 0 Å². The molecule has 6 aromatic rings. The first-order valence-electron chi connectivity index (χ1n) is 24.9. The first-order valence-corrected chi connectivity index (χ1v) is 24.9. The van der Waals surface area contributed by atoms with E-state index in [0.717, 1.165) is 69.2 Å². The van der Waals surface area contributed by atoms with Crippen LogP contribution in [0.25, 0.3) is 0 Å². The third kappa shape index (κ3) is 31.5. The number of aromatic hydroxyl groups is 2. The summed E-state index contributed by atoms with van der Waals surface area (Å²) in [7, 11) is 22.9. The maximum Gasteiger partial charge on any atom is 0.203 e. The van der Waals surface area contributed by atoms with E-state index in [2.05, 4.69) is 9.47 Å². The second-order valence-electron chi connectivity index (χ2n) is 15.4. The van der Waals surface area contributed by atoms with E-state index in [-0.39, 0.29) is 56.9 Å². The number of aliphatic hydroxyl groups excluding tert-OH is 7. The van der Waals surface area contributed by atoms with Gasteiger partial charge in [-0.05, 0) is 126 Å².